The zero-order valence-corrected chi connectivity index (χ0v) is 19.1. The van der Waals surface area contributed by atoms with E-state index in [4.69, 9.17) is 0 Å². The van der Waals surface area contributed by atoms with Crippen LogP contribution in [0.15, 0.2) is 12.1 Å². The van der Waals surface area contributed by atoms with Crippen LogP contribution in [0.3, 0.4) is 0 Å². The topological polar surface area (TPSA) is 137 Å². The molecule has 0 aliphatic carbocycles. The molecule has 4 N–H and O–H groups in total. The first-order valence-corrected chi connectivity index (χ1v) is 10.1. The summed E-state index contributed by atoms with van der Waals surface area (Å²) in [5, 5.41) is 14.7. The van der Waals surface area contributed by atoms with E-state index in [2.05, 4.69) is 4.74 Å². The number of carbonyl (C=O) groups is 4. The van der Waals surface area contributed by atoms with Gasteiger partial charge in [0.05, 0.1) is 24.5 Å². The van der Waals surface area contributed by atoms with E-state index in [0.29, 0.717) is 13.0 Å². The Morgan fingerprint density at radius 1 is 1.05 bits per heavy atom. The molecule has 1 aromatic rings. The molecule has 2 rings (SSSR count). The molecule has 0 saturated carbocycles. The highest BCUT2D eigenvalue weighted by molar-refractivity contribution is 6.10. The first-order valence-electron chi connectivity index (χ1n) is 10.1. The molecule has 1 aliphatic heterocycles. The third-order valence-corrected chi connectivity index (χ3v) is 4.92. The predicted molar refractivity (Wildman–Crippen MR) is 106 cm³/mol. The molecule has 0 bridgehead atoms. The molecule has 0 aromatic heterocycles. The lowest BCUT2D eigenvalue weighted by Crippen LogP contribution is -2.61. The van der Waals surface area contributed by atoms with E-state index in [1.54, 1.807) is 5.32 Å². The first kappa shape index (κ1) is 31.4. The van der Waals surface area contributed by atoms with Crippen LogP contribution in [0.25, 0.3) is 0 Å². The highest BCUT2D eigenvalue weighted by atomic mass is 19.4. The van der Waals surface area contributed by atoms with Gasteiger partial charge in [0.1, 0.15) is 6.04 Å². The second kappa shape index (κ2) is 10.7. The monoisotopic (exact) mass is 586 g/mol. The van der Waals surface area contributed by atoms with Crippen LogP contribution < -0.4 is 20.9 Å². The van der Waals surface area contributed by atoms with E-state index in [1.807, 2.05) is 5.32 Å². The maximum atomic E-state index is 13.8. The number of rotatable bonds is 6. The molecule has 1 unspecified atom stereocenters. The van der Waals surface area contributed by atoms with E-state index in [-0.39, 0.29) is 11.0 Å². The molecule has 1 aromatic carbocycles. The first-order chi connectivity index (χ1) is 17.6. The van der Waals surface area contributed by atoms with Crippen molar-refractivity contribution in [3.05, 3.63) is 23.8 Å². The summed E-state index contributed by atoms with van der Waals surface area (Å²) in [5.74, 6) is -14.1. The molecule has 0 radical (unpaired) electrons. The number of aliphatic hydroxyl groups is 1. The van der Waals surface area contributed by atoms with Crippen molar-refractivity contribution < 1.29 is 72.9 Å². The molecule has 4 amide bonds. The van der Waals surface area contributed by atoms with Gasteiger partial charge in [-0.1, -0.05) is 0 Å². The average molecular weight is 586 g/mol. The third-order valence-electron chi connectivity index (χ3n) is 4.92. The largest absolute Gasteiger partial charge is 0.455 e. The smallest absolute Gasteiger partial charge is 0.439 e. The lowest BCUT2D eigenvalue weighted by molar-refractivity contribution is -0.278. The van der Waals surface area contributed by atoms with Crippen LogP contribution in [0, 0.1) is 11.6 Å². The molecule has 0 fully saturated rings. The Morgan fingerprint density at radius 3 is 2.15 bits per heavy atom. The van der Waals surface area contributed by atoms with Gasteiger partial charge in [0.2, 0.25) is 11.5 Å². The van der Waals surface area contributed by atoms with Crippen molar-refractivity contribution in [1.82, 2.24) is 10.6 Å². The summed E-state index contributed by atoms with van der Waals surface area (Å²) >= 11 is 0. The van der Waals surface area contributed by atoms with Gasteiger partial charge in [-0.3, -0.25) is 19.3 Å². The van der Waals surface area contributed by atoms with Crippen molar-refractivity contribution in [2.75, 3.05) is 29.9 Å². The Labute approximate surface area is 210 Å². The van der Waals surface area contributed by atoms with Crippen molar-refractivity contribution in [2.45, 2.75) is 36.8 Å². The van der Waals surface area contributed by atoms with Crippen molar-refractivity contribution >= 4 is 35.2 Å². The summed E-state index contributed by atoms with van der Waals surface area (Å²) in [6.07, 6.45) is -13.0. The van der Waals surface area contributed by atoms with Gasteiger partial charge in [0.25, 0.3) is 11.8 Å². The fourth-order valence-electron chi connectivity index (χ4n) is 2.81. The second-order valence-corrected chi connectivity index (χ2v) is 8.04. The van der Waals surface area contributed by atoms with Crippen molar-refractivity contribution in [3.8, 4) is 0 Å². The SMILES string of the molecule is CC(O)(C(=O)NCC(F)(F)C(F)(F)F)C(=O)N[C@H]1CN(C(=O)OCC(F)(F)F)c2cc(F)c(F)cc2NC1=O. The van der Waals surface area contributed by atoms with Gasteiger partial charge in [-0.2, -0.15) is 35.1 Å². The Morgan fingerprint density at radius 2 is 1.62 bits per heavy atom. The van der Waals surface area contributed by atoms with Gasteiger partial charge in [-0.05, 0) is 6.92 Å². The highest BCUT2D eigenvalue weighted by Gasteiger charge is 2.58. The summed E-state index contributed by atoms with van der Waals surface area (Å²) in [4.78, 5) is 49.5. The van der Waals surface area contributed by atoms with Gasteiger partial charge in [-0.25, -0.2) is 13.6 Å². The molecular formula is C19H16F10N4O6. The van der Waals surface area contributed by atoms with Gasteiger partial charge < -0.3 is 25.8 Å². The van der Waals surface area contributed by atoms with Crippen LogP contribution in [0.4, 0.5) is 60.1 Å². The molecule has 10 nitrogen and oxygen atoms in total. The van der Waals surface area contributed by atoms with Gasteiger partial charge >= 0.3 is 24.4 Å². The minimum Gasteiger partial charge on any atom is -0.439 e. The molecule has 0 saturated heterocycles. The van der Waals surface area contributed by atoms with Crippen LogP contribution >= 0.6 is 0 Å². The Balaban J connectivity index is 2.30. The van der Waals surface area contributed by atoms with Crippen molar-refractivity contribution in [1.29, 1.82) is 0 Å². The molecule has 1 heterocycles. The summed E-state index contributed by atoms with van der Waals surface area (Å²) in [6, 6.07) is -1.51. The fourth-order valence-corrected chi connectivity index (χ4v) is 2.81. The van der Waals surface area contributed by atoms with Crippen LogP contribution in [-0.4, -0.2) is 78.5 Å². The zero-order valence-electron chi connectivity index (χ0n) is 19.1. The lowest BCUT2D eigenvalue weighted by atomic mass is 10.0. The van der Waals surface area contributed by atoms with Gasteiger partial charge in [0.15, 0.2) is 18.2 Å². The van der Waals surface area contributed by atoms with E-state index >= 15 is 0 Å². The number of anilines is 2. The quantitative estimate of drug-likeness (QED) is 0.297. The number of benzene rings is 1. The number of amides is 4. The summed E-state index contributed by atoms with van der Waals surface area (Å²) in [5.41, 5.74) is -4.87. The number of nitrogens with one attached hydrogen (secondary N) is 3. The maximum absolute atomic E-state index is 13.8. The predicted octanol–water partition coefficient (Wildman–Crippen LogP) is 1.97. The molecule has 2 atom stereocenters. The van der Waals surface area contributed by atoms with E-state index in [9.17, 15) is 68.2 Å². The van der Waals surface area contributed by atoms with Crippen LogP contribution in [0.5, 0.6) is 0 Å². The van der Waals surface area contributed by atoms with Gasteiger partial charge in [0, 0.05) is 12.1 Å². The molecule has 1 aliphatic rings. The molecule has 39 heavy (non-hydrogen) atoms. The number of fused-ring (bicyclic) bond motifs is 1. The van der Waals surface area contributed by atoms with Crippen molar-refractivity contribution in [3.63, 3.8) is 0 Å². The van der Waals surface area contributed by atoms with Crippen LogP contribution in [-0.2, 0) is 19.1 Å². The summed E-state index contributed by atoms with van der Waals surface area (Å²) in [7, 11) is 0. The van der Waals surface area contributed by atoms with Crippen LogP contribution in [0.1, 0.15) is 6.92 Å². The second-order valence-electron chi connectivity index (χ2n) is 8.04. The zero-order chi connectivity index (χ0) is 30.1. The van der Waals surface area contributed by atoms with Crippen molar-refractivity contribution in [2.24, 2.45) is 0 Å². The number of ether oxygens (including phenoxy) is 1. The number of nitrogens with zero attached hydrogens (tertiary/aromatic N) is 1. The number of carbonyl (C=O) groups excluding carboxylic acids is 4. The highest BCUT2D eigenvalue weighted by Crippen LogP contribution is 2.35. The van der Waals surface area contributed by atoms with Crippen LogP contribution in [0.2, 0.25) is 0 Å². The Hall–Kier alpha value is -3.84. The lowest BCUT2D eigenvalue weighted by Gasteiger charge is -2.28. The molecule has 20 heteroatoms. The summed E-state index contributed by atoms with van der Waals surface area (Å²) < 4.78 is 132. The fraction of sp³-hybridized carbons (Fsp3) is 0.474. The molecular weight excluding hydrogens is 570 g/mol. The number of alkyl halides is 8. The summed E-state index contributed by atoms with van der Waals surface area (Å²) in [6.45, 7) is -5.42. The average Bonchev–Trinajstić information content (AvgIpc) is 2.91. The Kier molecular flexibility index (Phi) is 8.63. The van der Waals surface area contributed by atoms with Gasteiger partial charge in [-0.15, -0.1) is 0 Å². The third kappa shape index (κ3) is 7.39. The normalized spacial score (nSPS) is 17.8. The minimum atomic E-state index is -6.11. The number of hydrogen-bond acceptors (Lipinski definition) is 6. The van der Waals surface area contributed by atoms with E-state index in [0.717, 1.165) is 5.32 Å². The number of hydrogen-bond donors (Lipinski definition) is 4. The van der Waals surface area contributed by atoms with E-state index < -0.39 is 96.4 Å². The Bertz CT molecular complexity index is 1150. The maximum Gasteiger partial charge on any atom is 0.455 e. The molecule has 218 valence electrons. The minimum absolute atomic E-state index is 0.158. The van der Waals surface area contributed by atoms with E-state index in [1.165, 1.54) is 0 Å². The number of halogens is 10. The standard InChI is InChI=1S/C19H16F10N4O6/c1-16(38,13(35)30-5-17(22,23)19(27,28)29)14(36)32-10-4-33(15(37)39-6-18(24,25)26)11-3-8(21)7(20)2-9(11)31-12(10)34/h2-3,10,38H,4-6H2,1H3,(H,30,35)(H,31,34)(H,32,36)/t10-,16?/m0/s1. The molecule has 0 spiro atoms.